The van der Waals surface area contributed by atoms with Crippen LogP contribution in [-0.4, -0.2) is 25.0 Å². The van der Waals surface area contributed by atoms with Gasteiger partial charge in [-0.05, 0) is 42.7 Å². The summed E-state index contributed by atoms with van der Waals surface area (Å²) in [6.45, 7) is 2.86. The number of amides is 2. The summed E-state index contributed by atoms with van der Waals surface area (Å²) in [6.07, 6.45) is 0.938. The zero-order valence-corrected chi connectivity index (χ0v) is 14.2. The van der Waals surface area contributed by atoms with Crippen molar-refractivity contribution in [3.05, 3.63) is 60.2 Å². The smallest absolute Gasteiger partial charge is 0.251 e. The van der Waals surface area contributed by atoms with Crippen LogP contribution in [0.4, 0.5) is 5.69 Å². The van der Waals surface area contributed by atoms with Gasteiger partial charge < -0.3 is 15.4 Å². The van der Waals surface area contributed by atoms with E-state index in [1.807, 2.05) is 30.3 Å². The Bertz CT molecular complexity index is 746. The largest absolute Gasteiger partial charge is 0.492 e. The van der Waals surface area contributed by atoms with Gasteiger partial charge in [-0.25, -0.2) is 0 Å². The molecule has 0 aliphatic heterocycles. The van der Waals surface area contributed by atoms with Crippen LogP contribution in [0.3, 0.4) is 0 Å². The van der Waals surface area contributed by atoms with Gasteiger partial charge in [-0.15, -0.1) is 0 Å². The van der Waals surface area contributed by atoms with Gasteiger partial charge in [0.15, 0.2) is 0 Å². The second-order valence-electron chi connectivity index (χ2n) is 6.31. The van der Waals surface area contributed by atoms with E-state index in [4.69, 9.17) is 4.74 Å². The van der Waals surface area contributed by atoms with Crippen LogP contribution in [0.25, 0.3) is 0 Å². The zero-order chi connectivity index (χ0) is 17.6. The van der Waals surface area contributed by atoms with Crippen molar-refractivity contribution in [2.24, 2.45) is 11.8 Å². The maximum absolute atomic E-state index is 12.2. The lowest BCUT2D eigenvalue weighted by Gasteiger charge is -2.09. The van der Waals surface area contributed by atoms with Crippen LogP contribution in [0.1, 0.15) is 23.7 Å². The third-order valence-corrected chi connectivity index (χ3v) is 4.24. The highest BCUT2D eigenvalue weighted by Crippen LogP contribution is 2.38. The Kier molecular flexibility index (Phi) is 5.33. The van der Waals surface area contributed by atoms with Crippen LogP contribution < -0.4 is 15.4 Å². The fourth-order valence-corrected chi connectivity index (χ4v) is 2.61. The molecule has 0 spiro atoms. The Morgan fingerprint density at radius 1 is 1.12 bits per heavy atom. The van der Waals surface area contributed by atoms with E-state index >= 15 is 0 Å². The molecule has 2 N–H and O–H groups in total. The summed E-state index contributed by atoms with van der Waals surface area (Å²) >= 11 is 0. The molecule has 25 heavy (non-hydrogen) atoms. The molecule has 5 nitrogen and oxygen atoms in total. The van der Waals surface area contributed by atoms with Crippen molar-refractivity contribution in [2.45, 2.75) is 13.3 Å². The van der Waals surface area contributed by atoms with Crippen molar-refractivity contribution < 1.29 is 14.3 Å². The van der Waals surface area contributed by atoms with Gasteiger partial charge in [0.1, 0.15) is 12.4 Å². The molecular formula is C20H22N2O3. The summed E-state index contributed by atoms with van der Waals surface area (Å²) in [5.74, 6) is 1.17. The minimum atomic E-state index is -0.187. The lowest BCUT2D eigenvalue weighted by molar-refractivity contribution is -0.117. The number of benzene rings is 2. The van der Waals surface area contributed by atoms with Gasteiger partial charge in [-0.2, -0.15) is 0 Å². The molecule has 1 fully saturated rings. The molecule has 2 aromatic carbocycles. The van der Waals surface area contributed by atoms with E-state index in [9.17, 15) is 9.59 Å². The molecule has 0 radical (unpaired) electrons. The maximum atomic E-state index is 12.2. The first-order chi connectivity index (χ1) is 12.1. The van der Waals surface area contributed by atoms with Crippen molar-refractivity contribution in [1.82, 2.24) is 5.32 Å². The third-order valence-electron chi connectivity index (χ3n) is 4.24. The molecular weight excluding hydrogens is 316 g/mol. The first-order valence-electron chi connectivity index (χ1n) is 8.50. The van der Waals surface area contributed by atoms with Gasteiger partial charge >= 0.3 is 0 Å². The Morgan fingerprint density at radius 3 is 2.60 bits per heavy atom. The normalized spacial score (nSPS) is 18.3. The van der Waals surface area contributed by atoms with E-state index in [0.717, 1.165) is 12.2 Å². The minimum Gasteiger partial charge on any atom is -0.492 e. The molecule has 3 rings (SSSR count). The van der Waals surface area contributed by atoms with Crippen LogP contribution in [0.5, 0.6) is 5.75 Å². The molecule has 1 saturated carbocycles. The van der Waals surface area contributed by atoms with Crippen molar-refractivity contribution in [3.8, 4) is 5.75 Å². The summed E-state index contributed by atoms with van der Waals surface area (Å²) in [5, 5.41) is 5.69. The number of carbonyl (C=O) groups is 2. The van der Waals surface area contributed by atoms with Crippen molar-refractivity contribution in [2.75, 3.05) is 18.5 Å². The Morgan fingerprint density at radius 2 is 1.88 bits per heavy atom. The van der Waals surface area contributed by atoms with E-state index in [-0.39, 0.29) is 17.7 Å². The van der Waals surface area contributed by atoms with Gasteiger partial charge in [-0.1, -0.05) is 31.2 Å². The second kappa shape index (κ2) is 7.83. The summed E-state index contributed by atoms with van der Waals surface area (Å²) in [6, 6.07) is 16.4. The monoisotopic (exact) mass is 338 g/mol. The molecule has 2 atom stereocenters. The van der Waals surface area contributed by atoms with Crippen molar-refractivity contribution >= 4 is 17.5 Å². The maximum Gasteiger partial charge on any atom is 0.251 e. The molecule has 5 heteroatoms. The molecule has 0 aromatic heterocycles. The number of anilines is 1. The van der Waals surface area contributed by atoms with Crippen molar-refractivity contribution in [1.29, 1.82) is 0 Å². The van der Waals surface area contributed by atoms with E-state index in [1.54, 1.807) is 24.3 Å². The summed E-state index contributed by atoms with van der Waals surface area (Å²) in [7, 11) is 0. The van der Waals surface area contributed by atoms with Crippen LogP contribution in [0.2, 0.25) is 0 Å². The highest BCUT2D eigenvalue weighted by atomic mass is 16.5. The number of hydrogen-bond acceptors (Lipinski definition) is 3. The predicted octanol–water partition coefficient (Wildman–Crippen LogP) is 3.09. The van der Waals surface area contributed by atoms with E-state index in [0.29, 0.717) is 30.3 Å². The average molecular weight is 338 g/mol. The average Bonchev–Trinajstić information content (AvgIpc) is 3.37. The quantitative estimate of drug-likeness (QED) is 0.762. The van der Waals surface area contributed by atoms with Crippen LogP contribution in [0.15, 0.2) is 54.6 Å². The SMILES string of the molecule is CC1CC1C(=O)Nc1cccc(C(=O)NCCOc2ccccc2)c1. The zero-order valence-electron chi connectivity index (χ0n) is 14.2. The molecule has 1 aliphatic carbocycles. The van der Waals surface area contributed by atoms with E-state index in [1.165, 1.54) is 0 Å². The standard InChI is InChI=1S/C20H22N2O3/c1-14-12-18(14)20(24)22-16-7-5-6-15(13-16)19(23)21-10-11-25-17-8-3-2-4-9-17/h2-9,13-14,18H,10-12H2,1H3,(H,21,23)(H,22,24). The molecule has 2 aromatic rings. The molecule has 1 aliphatic rings. The fraction of sp³-hybridized carbons (Fsp3) is 0.300. The predicted molar refractivity (Wildman–Crippen MR) is 96.6 cm³/mol. The lowest BCUT2D eigenvalue weighted by atomic mass is 10.2. The Balaban J connectivity index is 1.46. The van der Waals surface area contributed by atoms with Crippen LogP contribution in [0, 0.1) is 11.8 Å². The van der Waals surface area contributed by atoms with Gasteiger partial charge in [-0.3, -0.25) is 9.59 Å². The fourth-order valence-electron chi connectivity index (χ4n) is 2.61. The number of carbonyl (C=O) groups excluding carboxylic acids is 2. The minimum absolute atomic E-state index is 0.0290. The Hall–Kier alpha value is -2.82. The van der Waals surface area contributed by atoms with Crippen LogP contribution in [-0.2, 0) is 4.79 Å². The molecule has 0 heterocycles. The highest BCUT2D eigenvalue weighted by Gasteiger charge is 2.39. The van der Waals surface area contributed by atoms with Crippen molar-refractivity contribution in [3.63, 3.8) is 0 Å². The van der Waals surface area contributed by atoms with E-state index in [2.05, 4.69) is 17.6 Å². The number of para-hydroxylation sites is 1. The molecule has 0 saturated heterocycles. The molecule has 2 unspecified atom stereocenters. The van der Waals surface area contributed by atoms with E-state index < -0.39 is 0 Å². The molecule has 0 bridgehead atoms. The highest BCUT2D eigenvalue weighted by molar-refractivity contribution is 5.98. The third kappa shape index (κ3) is 4.83. The first kappa shape index (κ1) is 17.0. The van der Waals surface area contributed by atoms with Gasteiger partial charge in [0.2, 0.25) is 5.91 Å². The van der Waals surface area contributed by atoms with Crippen LogP contribution >= 0.6 is 0 Å². The number of hydrogen-bond donors (Lipinski definition) is 2. The lowest BCUT2D eigenvalue weighted by Crippen LogP contribution is -2.28. The first-order valence-corrected chi connectivity index (χ1v) is 8.50. The van der Waals surface area contributed by atoms with Gasteiger partial charge in [0.05, 0.1) is 6.54 Å². The Labute approximate surface area is 147 Å². The number of nitrogens with one attached hydrogen (secondary N) is 2. The number of ether oxygens (including phenoxy) is 1. The number of rotatable bonds is 7. The molecule has 130 valence electrons. The van der Waals surface area contributed by atoms with Gasteiger partial charge in [0, 0.05) is 17.2 Å². The summed E-state index contributed by atoms with van der Waals surface area (Å²) in [4.78, 5) is 24.2. The molecule has 2 amide bonds. The summed E-state index contributed by atoms with van der Waals surface area (Å²) < 4.78 is 5.54. The topological polar surface area (TPSA) is 67.4 Å². The van der Waals surface area contributed by atoms with Gasteiger partial charge in [0.25, 0.3) is 5.91 Å². The summed E-state index contributed by atoms with van der Waals surface area (Å²) in [5.41, 5.74) is 1.17. The second-order valence-corrected chi connectivity index (χ2v) is 6.31.